The van der Waals surface area contributed by atoms with Crippen molar-refractivity contribution in [2.75, 3.05) is 6.54 Å². The molecule has 0 saturated heterocycles. The van der Waals surface area contributed by atoms with E-state index >= 15 is 0 Å². The predicted octanol–water partition coefficient (Wildman–Crippen LogP) is 1.99. The molecule has 0 aliphatic heterocycles. The van der Waals surface area contributed by atoms with E-state index < -0.39 is 0 Å². The molecule has 0 aromatic heterocycles. The van der Waals surface area contributed by atoms with E-state index in [4.69, 9.17) is 0 Å². The van der Waals surface area contributed by atoms with Crippen LogP contribution < -0.4 is 10.6 Å². The summed E-state index contributed by atoms with van der Waals surface area (Å²) in [6.45, 7) is 2.88. The van der Waals surface area contributed by atoms with E-state index in [0.717, 1.165) is 12.8 Å². The lowest BCUT2D eigenvalue weighted by Gasteiger charge is -2.06. The van der Waals surface area contributed by atoms with Crippen LogP contribution in [0.1, 0.15) is 31.7 Å². The maximum atomic E-state index is 13.4. The van der Waals surface area contributed by atoms with Crippen LogP contribution in [0.3, 0.4) is 0 Å². The Kier molecular flexibility index (Phi) is 5.31. The van der Waals surface area contributed by atoms with Gasteiger partial charge in [-0.2, -0.15) is 0 Å². The summed E-state index contributed by atoms with van der Waals surface area (Å²) < 4.78 is 13.4. The van der Waals surface area contributed by atoms with Gasteiger partial charge in [0, 0.05) is 18.7 Å². The van der Waals surface area contributed by atoms with Gasteiger partial charge in [0.05, 0.1) is 11.8 Å². The van der Waals surface area contributed by atoms with Crippen molar-refractivity contribution in [1.82, 2.24) is 10.6 Å². The van der Waals surface area contributed by atoms with Crippen LogP contribution in [0, 0.1) is 17.7 Å². The zero-order chi connectivity index (χ0) is 15.2. The number of nitrogens with one attached hydrogen (secondary N) is 2. The Morgan fingerprint density at radius 3 is 2.52 bits per heavy atom. The molecule has 114 valence electrons. The van der Waals surface area contributed by atoms with Crippen LogP contribution in [0.25, 0.3) is 0 Å². The van der Waals surface area contributed by atoms with Gasteiger partial charge in [0.2, 0.25) is 11.8 Å². The Hall–Kier alpha value is -1.91. The Morgan fingerprint density at radius 1 is 1.19 bits per heavy atom. The molecule has 21 heavy (non-hydrogen) atoms. The molecule has 1 aliphatic carbocycles. The van der Waals surface area contributed by atoms with Crippen molar-refractivity contribution in [3.8, 4) is 0 Å². The molecule has 0 radical (unpaired) electrons. The van der Waals surface area contributed by atoms with E-state index in [-0.39, 0.29) is 36.0 Å². The zero-order valence-electron chi connectivity index (χ0n) is 12.2. The average molecular weight is 292 g/mol. The van der Waals surface area contributed by atoms with Gasteiger partial charge in [-0.25, -0.2) is 4.39 Å². The van der Waals surface area contributed by atoms with Crippen LogP contribution in [-0.2, 0) is 16.1 Å². The van der Waals surface area contributed by atoms with Crippen LogP contribution in [0.15, 0.2) is 24.3 Å². The minimum atomic E-state index is -0.331. The molecule has 1 aromatic rings. The summed E-state index contributed by atoms with van der Waals surface area (Å²) in [7, 11) is 0. The monoisotopic (exact) mass is 292 g/mol. The molecule has 4 nitrogen and oxygen atoms in total. The summed E-state index contributed by atoms with van der Waals surface area (Å²) in [6.07, 6.45) is 2.56. The van der Waals surface area contributed by atoms with E-state index in [2.05, 4.69) is 17.6 Å². The standard InChI is InChI=1S/C16H21FN2O2/c1-2-3-8-18-15(20)12-9-13(12)16(21)19-10-11-6-4-5-7-14(11)17/h4-7,12-13H,2-3,8-10H2,1H3,(H,18,20)(H,19,21). The van der Waals surface area contributed by atoms with Crippen LogP contribution in [0.4, 0.5) is 4.39 Å². The van der Waals surface area contributed by atoms with Gasteiger partial charge in [-0.3, -0.25) is 9.59 Å². The highest BCUT2D eigenvalue weighted by Gasteiger charge is 2.47. The first-order valence-electron chi connectivity index (χ1n) is 7.42. The molecule has 1 aromatic carbocycles. The number of amides is 2. The lowest BCUT2D eigenvalue weighted by atomic mass is 10.2. The molecule has 2 unspecified atom stereocenters. The number of hydrogen-bond acceptors (Lipinski definition) is 2. The molecule has 1 saturated carbocycles. The third-order valence-electron chi connectivity index (χ3n) is 3.70. The first-order chi connectivity index (χ1) is 10.1. The Morgan fingerprint density at radius 2 is 1.86 bits per heavy atom. The fourth-order valence-electron chi connectivity index (χ4n) is 2.25. The molecular weight excluding hydrogens is 271 g/mol. The molecule has 2 amide bonds. The molecular formula is C16H21FN2O2. The number of halogens is 1. The number of rotatable bonds is 7. The molecule has 2 atom stereocenters. The Balaban J connectivity index is 1.73. The van der Waals surface area contributed by atoms with Crippen molar-refractivity contribution < 1.29 is 14.0 Å². The molecule has 1 aliphatic rings. The predicted molar refractivity (Wildman–Crippen MR) is 77.8 cm³/mol. The molecule has 2 rings (SSSR count). The topological polar surface area (TPSA) is 58.2 Å². The highest BCUT2D eigenvalue weighted by molar-refractivity contribution is 5.92. The fraction of sp³-hybridized carbons (Fsp3) is 0.500. The molecule has 0 bridgehead atoms. The second-order valence-electron chi connectivity index (χ2n) is 5.40. The maximum absolute atomic E-state index is 13.4. The van der Waals surface area contributed by atoms with Crippen molar-refractivity contribution in [2.45, 2.75) is 32.7 Å². The normalized spacial score (nSPS) is 19.9. The lowest BCUT2D eigenvalue weighted by Crippen LogP contribution is -2.30. The van der Waals surface area contributed by atoms with Crippen molar-refractivity contribution >= 4 is 11.8 Å². The van der Waals surface area contributed by atoms with Gasteiger partial charge < -0.3 is 10.6 Å². The summed E-state index contributed by atoms with van der Waals surface area (Å²) in [5, 5.41) is 5.53. The van der Waals surface area contributed by atoms with Crippen LogP contribution >= 0.6 is 0 Å². The summed E-state index contributed by atoms with van der Waals surface area (Å²) >= 11 is 0. The number of carbonyl (C=O) groups excluding carboxylic acids is 2. The first kappa shape index (κ1) is 15.5. The number of carbonyl (C=O) groups is 2. The van der Waals surface area contributed by atoms with Gasteiger partial charge in [-0.1, -0.05) is 31.5 Å². The molecule has 0 spiro atoms. The van der Waals surface area contributed by atoms with Crippen LogP contribution in [-0.4, -0.2) is 18.4 Å². The summed E-state index contributed by atoms with van der Waals surface area (Å²) in [6, 6.07) is 6.34. The fourth-order valence-corrected chi connectivity index (χ4v) is 2.25. The molecule has 0 heterocycles. The third kappa shape index (κ3) is 4.28. The highest BCUT2D eigenvalue weighted by atomic mass is 19.1. The van der Waals surface area contributed by atoms with Gasteiger partial charge in [0.25, 0.3) is 0 Å². The minimum absolute atomic E-state index is 0.0468. The second kappa shape index (κ2) is 7.20. The van der Waals surface area contributed by atoms with Gasteiger partial charge in [-0.05, 0) is 18.9 Å². The average Bonchev–Trinajstić information content (AvgIpc) is 3.27. The van der Waals surface area contributed by atoms with E-state index in [1.54, 1.807) is 18.2 Å². The van der Waals surface area contributed by atoms with Gasteiger partial charge in [0.1, 0.15) is 5.82 Å². The van der Waals surface area contributed by atoms with Gasteiger partial charge in [-0.15, -0.1) is 0 Å². The Bertz CT molecular complexity index is 519. The number of benzene rings is 1. The molecule has 2 N–H and O–H groups in total. The third-order valence-corrected chi connectivity index (χ3v) is 3.70. The SMILES string of the molecule is CCCCNC(=O)C1CC1C(=O)NCc1ccccc1F. The smallest absolute Gasteiger partial charge is 0.224 e. The summed E-state index contributed by atoms with van der Waals surface area (Å²) in [5.41, 5.74) is 0.454. The maximum Gasteiger partial charge on any atom is 0.224 e. The quantitative estimate of drug-likeness (QED) is 0.755. The highest BCUT2D eigenvalue weighted by Crippen LogP contribution is 2.38. The van der Waals surface area contributed by atoms with Crippen molar-refractivity contribution in [1.29, 1.82) is 0 Å². The second-order valence-corrected chi connectivity index (χ2v) is 5.40. The largest absolute Gasteiger partial charge is 0.356 e. The number of hydrogen-bond donors (Lipinski definition) is 2. The Labute approximate surface area is 124 Å². The van der Waals surface area contributed by atoms with E-state index in [9.17, 15) is 14.0 Å². The van der Waals surface area contributed by atoms with Crippen LogP contribution in [0.5, 0.6) is 0 Å². The summed E-state index contributed by atoms with van der Waals surface area (Å²) in [5.74, 6) is -1.04. The first-order valence-corrected chi connectivity index (χ1v) is 7.42. The van der Waals surface area contributed by atoms with Gasteiger partial charge >= 0.3 is 0 Å². The summed E-state index contributed by atoms with van der Waals surface area (Å²) in [4.78, 5) is 23.7. The van der Waals surface area contributed by atoms with Crippen molar-refractivity contribution in [3.63, 3.8) is 0 Å². The molecule has 5 heteroatoms. The molecule has 1 fully saturated rings. The van der Waals surface area contributed by atoms with E-state index in [0.29, 0.717) is 18.5 Å². The van der Waals surface area contributed by atoms with E-state index in [1.165, 1.54) is 6.07 Å². The van der Waals surface area contributed by atoms with E-state index in [1.807, 2.05) is 0 Å². The lowest BCUT2D eigenvalue weighted by molar-refractivity contribution is -0.127. The zero-order valence-corrected chi connectivity index (χ0v) is 12.2. The van der Waals surface area contributed by atoms with Crippen molar-refractivity contribution in [2.24, 2.45) is 11.8 Å². The van der Waals surface area contributed by atoms with Crippen LogP contribution in [0.2, 0.25) is 0 Å². The van der Waals surface area contributed by atoms with Crippen molar-refractivity contribution in [3.05, 3.63) is 35.6 Å². The number of unbranched alkanes of at least 4 members (excludes halogenated alkanes) is 1. The van der Waals surface area contributed by atoms with Gasteiger partial charge in [0.15, 0.2) is 0 Å². The minimum Gasteiger partial charge on any atom is -0.356 e.